The summed E-state index contributed by atoms with van der Waals surface area (Å²) in [6, 6.07) is 8.65. The fourth-order valence-electron chi connectivity index (χ4n) is 2.15. The zero-order valence-electron chi connectivity index (χ0n) is 11.0. The van der Waals surface area contributed by atoms with Crippen LogP contribution < -0.4 is 5.73 Å². The molecule has 0 spiro atoms. The number of nitrogen functional groups attached to an aromatic ring is 1. The van der Waals surface area contributed by atoms with Crippen LogP contribution in [0.1, 0.15) is 11.1 Å². The highest BCUT2D eigenvalue weighted by Gasteiger charge is 2.31. The van der Waals surface area contributed by atoms with Crippen LogP contribution in [0.15, 0.2) is 40.8 Å². The van der Waals surface area contributed by atoms with Crippen LogP contribution in [0.4, 0.5) is 18.9 Å². The highest BCUT2D eigenvalue weighted by molar-refractivity contribution is 5.79. The third-order valence-electron chi connectivity index (χ3n) is 3.15. The third kappa shape index (κ3) is 2.44. The molecule has 0 aliphatic carbocycles. The maximum atomic E-state index is 12.8. The molecule has 0 aliphatic rings. The van der Waals surface area contributed by atoms with Crippen LogP contribution in [0, 0.1) is 6.92 Å². The van der Waals surface area contributed by atoms with Gasteiger partial charge < -0.3 is 10.2 Å². The van der Waals surface area contributed by atoms with Crippen LogP contribution in [0.3, 0.4) is 0 Å². The summed E-state index contributed by atoms with van der Waals surface area (Å²) >= 11 is 0. The second-order valence-corrected chi connectivity index (χ2v) is 4.78. The first kappa shape index (κ1) is 13.5. The minimum atomic E-state index is -4.47. The maximum absolute atomic E-state index is 12.8. The van der Waals surface area contributed by atoms with E-state index in [9.17, 15) is 13.2 Å². The molecule has 21 heavy (non-hydrogen) atoms. The Morgan fingerprint density at radius 3 is 2.57 bits per heavy atom. The van der Waals surface area contributed by atoms with Crippen LogP contribution in [0.25, 0.3) is 22.6 Å². The van der Waals surface area contributed by atoms with E-state index < -0.39 is 11.7 Å². The number of oxazole rings is 1. The Morgan fingerprint density at radius 1 is 1.14 bits per heavy atom. The molecule has 0 fully saturated rings. The normalized spacial score (nSPS) is 12.0. The van der Waals surface area contributed by atoms with Gasteiger partial charge in [-0.3, -0.25) is 0 Å². The maximum Gasteiger partial charge on any atom is 0.416 e. The van der Waals surface area contributed by atoms with Crippen molar-refractivity contribution in [1.29, 1.82) is 0 Å². The van der Waals surface area contributed by atoms with E-state index in [1.165, 1.54) is 6.07 Å². The molecule has 2 aromatic carbocycles. The van der Waals surface area contributed by atoms with Crippen molar-refractivity contribution in [2.24, 2.45) is 0 Å². The lowest BCUT2D eigenvalue weighted by Gasteiger charge is -2.08. The van der Waals surface area contributed by atoms with Gasteiger partial charge in [-0.2, -0.15) is 13.2 Å². The summed E-state index contributed by atoms with van der Waals surface area (Å²) in [7, 11) is 0. The molecule has 0 bridgehead atoms. The van der Waals surface area contributed by atoms with Gasteiger partial charge in [0.15, 0.2) is 5.58 Å². The number of hydrogen-bond acceptors (Lipinski definition) is 3. The van der Waals surface area contributed by atoms with Gasteiger partial charge in [0.05, 0.1) is 5.56 Å². The number of benzene rings is 2. The number of hydrogen-bond donors (Lipinski definition) is 1. The van der Waals surface area contributed by atoms with Gasteiger partial charge in [0.1, 0.15) is 5.52 Å². The lowest BCUT2D eigenvalue weighted by molar-refractivity contribution is -0.137. The van der Waals surface area contributed by atoms with E-state index in [1.807, 2.05) is 13.0 Å². The molecule has 6 heteroatoms. The zero-order chi connectivity index (χ0) is 15.2. The minimum Gasteiger partial charge on any atom is -0.436 e. The van der Waals surface area contributed by atoms with Crippen molar-refractivity contribution < 1.29 is 17.6 Å². The second-order valence-electron chi connectivity index (χ2n) is 4.78. The fourth-order valence-corrected chi connectivity index (χ4v) is 2.15. The van der Waals surface area contributed by atoms with Gasteiger partial charge >= 0.3 is 6.18 Å². The van der Waals surface area contributed by atoms with Crippen LogP contribution in [-0.4, -0.2) is 4.98 Å². The Kier molecular flexibility index (Phi) is 2.90. The van der Waals surface area contributed by atoms with E-state index in [2.05, 4.69) is 4.98 Å². The Bertz CT molecular complexity index is 821. The first-order valence-electron chi connectivity index (χ1n) is 6.19. The number of alkyl halides is 3. The molecule has 0 radical (unpaired) electrons. The molecule has 3 rings (SSSR count). The molecule has 1 heterocycles. The van der Waals surface area contributed by atoms with Gasteiger partial charge in [-0.05, 0) is 36.8 Å². The first-order chi connectivity index (χ1) is 9.84. The topological polar surface area (TPSA) is 52.0 Å². The Morgan fingerprint density at radius 2 is 1.90 bits per heavy atom. The van der Waals surface area contributed by atoms with Crippen LogP contribution >= 0.6 is 0 Å². The second kappa shape index (κ2) is 4.51. The van der Waals surface area contributed by atoms with Gasteiger partial charge in [0.25, 0.3) is 0 Å². The minimum absolute atomic E-state index is 0.0128. The summed E-state index contributed by atoms with van der Waals surface area (Å²) in [5, 5.41) is 0. The van der Waals surface area contributed by atoms with E-state index in [-0.39, 0.29) is 17.1 Å². The number of aryl methyl sites for hydroxylation is 1. The molecule has 2 N–H and O–H groups in total. The lowest BCUT2D eigenvalue weighted by Crippen LogP contribution is -2.06. The number of rotatable bonds is 1. The smallest absolute Gasteiger partial charge is 0.416 e. The molecule has 0 unspecified atom stereocenters. The molecule has 0 amide bonds. The average molecular weight is 292 g/mol. The predicted molar refractivity (Wildman–Crippen MR) is 73.6 cm³/mol. The van der Waals surface area contributed by atoms with Crippen molar-refractivity contribution in [2.75, 3.05) is 5.73 Å². The highest BCUT2D eigenvalue weighted by Crippen LogP contribution is 2.35. The number of nitrogens with zero attached hydrogens (tertiary/aromatic N) is 1. The Labute approximate surface area is 118 Å². The van der Waals surface area contributed by atoms with Crippen LogP contribution in [-0.2, 0) is 6.18 Å². The van der Waals surface area contributed by atoms with Crippen LogP contribution in [0.5, 0.6) is 0 Å². The largest absolute Gasteiger partial charge is 0.436 e. The Hall–Kier alpha value is -2.50. The standard InChI is InChI=1S/C15H11F3N2O/c1-8-3-2-4-12-13(8)20-14(21-12)9-5-10(15(16,17)18)7-11(19)6-9/h2-7H,19H2,1H3. The molecule has 3 nitrogen and oxygen atoms in total. The summed E-state index contributed by atoms with van der Waals surface area (Å²) in [5.74, 6) is 0.122. The van der Waals surface area contributed by atoms with Gasteiger partial charge in [-0.15, -0.1) is 0 Å². The molecule has 0 atom stereocenters. The predicted octanol–water partition coefficient (Wildman–Crippen LogP) is 4.40. The quantitative estimate of drug-likeness (QED) is 0.676. The van der Waals surface area contributed by atoms with Crippen molar-refractivity contribution in [3.8, 4) is 11.5 Å². The number of fused-ring (bicyclic) bond motifs is 1. The van der Waals surface area contributed by atoms with Gasteiger partial charge in [0.2, 0.25) is 5.89 Å². The van der Waals surface area contributed by atoms with E-state index in [0.29, 0.717) is 11.1 Å². The molecule has 108 valence electrons. The Balaban J connectivity index is 2.18. The number of nitrogens with two attached hydrogens (primary N) is 1. The number of aromatic nitrogens is 1. The summed E-state index contributed by atoms with van der Waals surface area (Å²) in [6.07, 6.45) is -4.47. The van der Waals surface area contributed by atoms with E-state index in [1.54, 1.807) is 12.1 Å². The first-order valence-corrected chi connectivity index (χ1v) is 6.19. The molecular weight excluding hydrogens is 281 g/mol. The van der Waals surface area contributed by atoms with Crippen molar-refractivity contribution >= 4 is 16.8 Å². The summed E-state index contributed by atoms with van der Waals surface area (Å²) < 4.78 is 44.0. The molecule has 0 saturated carbocycles. The molecular formula is C15H11F3N2O. The van der Waals surface area contributed by atoms with Crippen molar-refractivity contribution in [2.45, 2.75) is 13.1 Å². The van der Waals surface area contributed by atoms with Crippen LogP contribution in [0.2, 0.25) is 0 Å². The third-order valence-corrected chi connectivity index (χ3v) is 3.15. The SMILES string of the molecule is Cc1cccc2oc(-c3cc(N)cc(C(F)(F)F)c3)nc12. The molecule has 1 aromatic heterocycles. The number of anilines is 1. The molecule has 0 aliphatic heterocycles. The fraction of sp³-hybridized carbons (Fsp3) is 0.133. The lowest BCUT2D eigenvalue weighted by atomic mass is 10.1. The van der Waals surface area contributed by atoms with Crippen molar-refractivity contribution in [3.63, 3.8) is 0 Å². The molecule has 3 aromatic rings. The van der Waals surface area contributed by atoms with E-state index >= 15 is 0 Å². The van der Waals surface area contributed by atoms with Crippen molar-refractivity contribution in [1.82, 2.24) is 4.98 Å². The number of para-hydroxylation sites is 1. The highest BCUT2D eigenvalue weighted by atomic mass is 19.4. The van der Waals surface area contributed by atoms with Crippen molar-refractivity contribution in [3.05, 3.63) is 47.5 Å². The average Bonchev–Trinajstić information content (AvgIpc) is 2.82. The van der Waals surface area contributed by atoms with Gasteiger partial charge in [0, 0.05) is 11.3 Å². The van der Waals surface area contributed by atoms with E-state index in [4.69, 9.17) is 10.2 Å². The molecule has 0 saturated heterocycles. The summed E-state index contributed by atoms with van der Waals surface area (Å²) in [6.45, 7) is 1.86. The summed E-state index contributed by atoms with van der Waals surface area (Å²) in [5.41, 5.74) is 6.99. The summed E-state index contributed by atoms with van der Waals surface area (Å²) in [4.78, 5) is 4.26. The van der Waals surface area contributed by atoms with Gasteiger partial charge in [-0.1, -0.05) is 12.1 Å². The zero-order valence-corrected chi connectivity index (χ0v) is 11.0. The number of halogens is 3. The van der Waals surface area contributed by atoms with Gasteiger partial charge in [-0.25, -0.2) is 4.98 Å². The van der Waals surface area contributed by atoms with E-state index in [0.717, 1.165) is 17.7 Å². The monoisotopic (exact) mass is 292 g/mol.